The number of hydrogen-bond acceptors (Lipinski definition) is 5. The Kier molecular flexibility index (Phi) is 4.80. The van der Waals surface area contributed by atoms with Crippen LogP contribution in [0.3, 0.4) is 0 Å². The highest BCUT2D eigenvalue weighted by Gasteiger charge is 2.34. The number of methoxy groups -OCH3 is 1. The SMILES string of the molecule is COCc1nc2n(n1)CCCC2NC1CN(C(C)C)CC1C. The van der Waals surface area contributed by atoms with Gasteiger partial charge in [0.05, 0.1) is 6.04 Å². The molecule has 2 aliphatic heterocycles. The molecule has 0 aliphatic carbocycles. The zero-order valence-electron chi connectivity index (χ0n) is 14.2. The van der Waals surface area contributed by atoms with Crippen molar-refractivity contribution in [3.8, 4) is 0 Å². The van der Waals surface area contributed by atoms with E-state index in [1.807, 2.05) is 0 Å². The van der Waals surface area contributed by atoms with Crippen LogP contribution in [0.25, 0.3) is 0 Å². The summed E-state index contributed by atoms with van der Waals surface area (Å²) in [6.07, 6.45) is 2.31. The standard InChI is InChI=1S/C16H29N5O/c1-11(2)20-8-12(3)14(9-20)17-13-6-5-7-21-16(13)18-15(19-21)10-22-4/h11-14,17H,5-10H2,1-4H3. The number of rotatable bonds is 5. The maximum absolute atomic E-state index is 5.17. The van der Waals surface area contributed by atoms with Crippen LogP contribution in [0.4, 0.5) is 0 Å². The maximum atomic E-state index is 5.17. The van der Waals surface area contributed by atoms with Crippen LogP contribution in [0.15, 0.2) is 0 Å². The highest BCUT2D eigenvalue weighted by molar-refractivity contribution is 5.04. The van der Waals surface area contributed by atoms with Crippen molar-refractivity contribution in [3.05, 3.63) is 11.6 Å². The fraction of sp³-hybridized carbons (Fsp3) is 0.875. The van der Waals surface area contributed by atoms with Gasteiger partial charge in [-0.3, -0.25) is 4.90 Å². The number of aryl methyl sites for hydroxylation is 1. The van der Waals surface area contributed by atoms with Crippen molar-refractivity contribution in [1.29, 1.82) is 0 Å². The smallest absolute Gasteiger partial charge is 0.176 e. The van der Waals surface area contributed by atoms with Gasteiger partial charge in [-0.2, -0.15) is 5.10 Å². The molecule has 2 aliphatic rings. The van der Waals surface area contributed by atoms with E-state index < -0.39 is 0 Å². The van der Waals surface area contributed by atoms with Gasteiger partial charge in [0.2, 0.25) is 0 Å². The predicted octanol–water partition coefficient (Wildman–Crippen LogP) is 1.58. The second kappa shape index (κ2) is 6.64. The van der Waals surface area contributed by atoms with E-state index in [1.165, 1.54) is 6.54 Å². The molecular weight excluding hydrogens is 278 g/mol. The fourth-order valence-corrected chi connectivity index (χ4v) is 3.65. The normalized spacial score (nSPS) is 29.2. The van der Waals surface area contributed by atoms with Gasteiger partial charge in [0.1, 0.15) is 12.4 Å². The Hall–Kier alpha value is -0.980. The van der Waals surface area contributed by atoms with Crippen LogP contribution < -0.4 is 5.32 Å². The van der Waals surface area contributed by atoms with E-state index in [2.05, 4.69) is 40.8 Å². The van der Waals surface area contributed by atoms with Crippen molar-refractivity contribution in [3.63, 3.8) is 0 Å². The summed E-state index contributed by atoms with van der Waals surface area (Å²) in [5.74, 6) is 2.57. The number of nitrogens with one attached hydrogen (secondary N) is 1. The maximum Gasteiger partial charge on any atom is 0.176 e. The topological polar surface area (TPSA) is 55.2 Å². The van der Waals surface area contributed by atoms with Crippen molar-refractivity contribution in [2.24, 2.45) is 5.92 Å². The molecule has 0 spiro atoms. The minimum atomic E-state index is 0.325. The van der Waals surface area contributed by atoms with Gasteiger partial charge in [-0.05, 0) is 32.6 Å². The summed E-state index contributed by atoms with van der Waals surface area (Å²) in [4.78, 5) is 7.26. The number of likely N-dealkylation sites (tertiary alicyclic amines) is 1. The molecule has 6 nitrogen and oxygen atoms in total. The summed E-state index contributed by atoms with van der Waals surface area (Å²) >= 11 is 0. The quantitative estimate of drug-likeness (QED) is 0.895. The average molecular weight is 307 g/mol. The minimum Gasteiger partial charge on any atom is -0.377 e. The molecular formula is C16H29N5O. The van der Waals surface area contributed by atoms with Crippen LogP contribution in [0.2, 0.25) is 0 Å². The van der Waals surface area contributed by atoms with Gasteiger partial charge in [-0.1, -0.05) is 6.92 Å². The zero-order valence-corrected chi connectivity index (χ0v) is 14.2. The number of nitrogens with zero attached hydrogens (tertiary/aromatic N) is 4. The lowest BCUT2D eigenvalue weighted by Crippen LogP contribution is -2.41. The van der Waals surface area contributed by atoms with Crippen LogP contribution in [-0.2, 0) is 17.9 Å². The first-order valence-electron chi connectivity index (χ1n) is 8.51. The average Bonchev–Trinajstić information content (AvgIpc) is 3.04. The molecule has 3 heterocycles. The fourth-order valence-electron chi connectivity index (χ4n) is 3.65. The summed E-state index contributed by atoms with van der Waals surface area (Å²) in [6.45, 7) is 10.7. The minimum absolute atomic E-state index is 0.325. The number of hydrogen-bond donors (Lipinski definition) is 1. The highest BCUT2D eigenvalue weighted by Crippen LogP contribution is 2.27. The molecule has 1 aromatic heterocycles. The van der Waals surface area contributed by atoms with Gasteiger partial charge in [-0.15, -0.1) is 0 Å². The molecule has 6 heteroatoms. The molecule has 1 saturated heterocycles. The lowest BCUT2D eigenvalue weighted by molar-refractivity contribution is 0.177. The second-order valence-corrected chi connectivity index (χ2v) is 7.04. The van der Waals surface area contributed by atoms with E-state index in [4.69, 9.17) is 9.72 Å². The monoisotopic (exact) mass is 307 g/mol. The Bertz CT molecular complexity index is 501. The molecule has 0 amide bonds. The van der Waals surface area contributed by atoms with Crippen molar-refractivity contribution in [2.75, 3.05) is 20.2 Å². The Balaban J connectivity index is 1.69. The molecule has 22 heavy (non-hydrogen) atoms. The summed E-state index contributed by atoms with van der Waals surface area (Å²) < 4.78 is 7.23. The van der Waals surface area contributed by atoms with E-state index in [1.54, 1.807) is 7.11 Å². The first kappa shape index (κ1) is 15.9. The molecule has 3 atom stereocenters. The van der Waals surface area contributed by atoms with Gasteiger partial charge < -0.3 is 10.1 Å². The summed E-state index contributed by atoms with van der Waals surface area (Å²) in [5, 5.41) is 8.42. The molecule has 124 valence electrons. The van der Waals surface area contributed by atoms with E-state index in [0.717, 1.165) is 37.6 Å². The van der Waals surface area contributed by atoms with Gasteiger partial charge in [0.15, 0.2) is 5.82 Å². The molecule has 1 N–H and O–H groups in total. The van der Waals surface area contributed by atoms with Gasteiger partial charge in [0, 0.05) is 38.8 Å². The number of fused-ring (bicyclic) bond motifs is 1. The predicted molar refractivity (Wildman–Crippen MR) is 85.5 cm³/mol. The molecule has 0 saturated carbocycles. The van der Waals surface area contributed by atoms with Crippen molar-refractivity contribution in [2.45, 2.75) is 64.9 Å². The molecule has 0 aromatic carbocycles. The highest BCUT2D eigenvalue weighted by atomic mass is 16.5. The summed E-state index contributed by atoms with van der Waals surface area (Å²) in [6, 6.07) is 1.49. The van der Waals surface area contributed by atoms with E-state index in [-0.39, 0.29) is 0 Å². The second-order valence-electron chi connectivity index (χ2n) is 7.04. The van der Waals surface area contributed by atoms with E-state index >= 15 is 0 Å². The first-order chi connectivity index (χ1) is 10.6. The lowest BCUT2D eigenvalue weighted by atomic mass is 10.0. The van der Waals surface area contributed by atoms with Crippen molar-refractivity contribution < 1.29 is 4.74 Å². The third-order valence-corrected chi connectivity index (χ3v) is 4.98. The summed E-state index contributed by atoms with van der Waals surface area (Å²) in [7, 11) is 1.69. The van der Waals surface area contributed by atoms with Crippen LogP contribution in [0.5, 0.6) is 0 Å². The Morgan fingerprint density at radius 1 is 1.36 bits per heavy atom. The molecule has 0 bridgehead atoms. The van der Waals surface area contributed by atoms with Crippen LogP contribution in [0.1, 0.15) is 51.3 Å². The largest absolute Gasteiger partial charge is 0.377 e. The van der Waals surface area contributed by atoms with E-state index in [9.17, 15) is 0 Å². The van der Waals surface area contributed by atoms with Gasteiger partial charge in [-0.25, -0.2) is 9.67 Å². The lowest BCUT2D eigenvalue weighted by Gasteiger charge is -2.28. The third-order valence-electron chi connectivity index (χ3n) is 4.98. The number of aromatic nitrogens is 3. The van der Waals surface area contributed by atoms with Gasteiger partial charge in [0.25, 0.3) is 0 Å². The van der Waals surface area contributed by atoms with Crippen molar-refractivity contribution >= 4 is 0 Å². The zero-order chi connectivity index (χ0) is 15.7. The van der Waals surface area contributed by atoms with Crippen molar-refractivity contribution in [1.82, 2.24) is 25.0 Å². The van der Waals surface area contributed by atoms with Gasteiger partial charge >= 0.3 is 0 Å². The first-order valence-corrected chi connectivity index (χ1v) is 8.51. The summed E-state index contributed by atoms with van der Waals surface area (Å²) in [5.41, 5.74) is 0. The molecule has 0 radical (unpaired) electrons. The van der Waals surface area contributed by atoms with Crippen LogP contribution in [-0.4, -0.2) is 51.9 Å². The van der Waals surface area contributed by atoms with Crippen LogP contribution >= 0.6 is 0 Å². The van der Waals surface area contributed by atoms with Crippen LogP contribution in [0, 0.1) is 5.92 Å². The third kappa shape index (κ3) is 3.19. The Labute approximate surface area is 133 Å². The Morgan fingerprint density at radius 2 is 2.18 bits per heavy atom. The number of ether oxygens (including phenoxy) is 1. The van der Waals surface area contributed by atoms with E-state index in [0.29, 0.717) is 30.7 Å². The molecule has 3 rings (SSSR count). The Morgan fingerprint density at radius 3 is 2.86 bits per heavy atom. The molecule has 3 unspecified atom stereocenters. The molecule has 1 fully saturated rings. The molecule has 1 aromatic rings.